The van der Waals surface area contributed by atoms with Gasteiger partial charge in [0.15, 0.2) is 0 Å². The SMILES string of the molecule is CCN(CCCN(C)C)CCC(C)(C)CN. The van der Waals surface area contributed by atoms with Crippen LogP contribution < -0.4 is 5.73 Å². The van der Waals surface area contributed by atoms with Crippen molar-refractivity contribution < 1.29 is 0 Å². The summed E-state index contributed by atoms with van der Waals surface area (Å²) >= 11 is 0. The molecule has 0 unspecified atom stereocenters. The summed E-state index contributed by atoms with van der Waals surface area (Å²) in [6.45, 7) is 12.2. The Morgan fingerprint density at radius 2 is 1.69 bits per heavy atom. The van der Waals surface area contributed by atoms with E-state index >= 15 is 0 Å². The van der Waals surface area contributed by atoms with Crippen LogP contribution in [0.2, 0.25) is 0 Å². The van der Waals surface area contributed by atoms with E-state index in [0.717, 1.165) is 13.1 Å². The molecule has 0 aliphatic heterocycles. The van der Waals surface area contributed by atoms with Crippen LogP contribution in [-0.4, -0.2) is 56.6 Å². The van der Waals surface area contributed by atoms with Gasteiger partial charge in [-0.25, -0.2) is 0 Å². The molecule has 0 radical (unpaired) electrons. The van der Waals surface area contributed by atoms with Crippen LogP contribution >= 0.6 is 0 Å². The molecule has 3 heteroatoms. The number of hydrogen-bond donors (Lipinski definition) is 1. The number of nitrogens with zero attached hydrogens (tertiary/aromatic N) is 2. The van der Waals surface area contributed by atoms with Gasteiger partial charge >= 0.3 is 0 Å². The highest BCUT2D eigenvalue weighted by atomic mass is 15.1. The maximum atomic E-state index is 5.75. The van der Waals surface area contributed by atoms with Crippen molar-refractivity contribution in [3.05, 3.63) is 0 Å². The van der Waals surface area contributed by atoms with Crippen molar-refractivity contribution in [3.8, 4) is 0 Å². The zero-order valence-corrected chi connectivity index (χ0v) is 11.9. The van der Waals surface area contributed by atoms with Crippen LogP contribution in [0.1, 0.15) is 33.6 Å². The van der Waals surface area contributed by atoms with Crippen LogP contribution in [0.4, 0.5) is 0 Å². The van der Waals surface area contributed by atoms with Crippen molar-refractivity contribution in [1.29, 1.82) is 0 Å². The van der Waals surface area contributed by atoms with Crippen LogP contribution in [0.25, 0.3) is 0 Å². The summed E-state index contributed by atoms with van der Waals surface area (Å²) < 4.78 is 0. The summed E-state index contributed by atoms with van der Waals surface area (Å²) in [5.74, 6) is 0. The van der Waals surface area contributed by atoms with E-state index in [9.17, 15) is 0 Å². The van der Waals surface area contributed by atoms with Gasteiger partial charge < -0.3 is 15.5 Å². The third-order valence-corrected chi connectivity index (χ3v) is 3.18. The first-order chi connectivity index (χ1) is 7.41. The summed E-state index contributed by atoms with van der Waals surface area (Å²) in [5.41, 5.74) is 6.04. The first-order valence-electron chi connectivity index (χ1n) is 6.48. The van der Waals surface area contributed by atoms with Gasteiger partial charge in [-0.15, -0.1) is 0 Å². The highest BCUT2D eigenvalue weighted by molar-refractivity contribution is 4.71. The van der Waals surface area contributed by atoms with Crippen molar-refractivity contribution in [3.63, 3.8) is 0 Å². The predicted octanol–water partition coefficient (Wildman–Crippen LogP) is 1.64. The smallest absolute Gasteiger partial charge is 0.000666 e. The molecule has 2 N–H and O–H groups in total. The van der Waals surface area contributed by atoms with Gasteiger partial charge in [0.25, 0.3) is 0 Å². The van der Waals surface area contributed by atoms with Crippen molar-refractivity contribution in [2.24, 2.45) is 11.1 Å². The molecule has 0 rings (SSSR count). The lowest BCUT2D eigenvalue weighted by Gasteiger charge is -2.28. The van der Waals surface area contributed by atoms with E-state index in [4.69, 9.17) is 5.73 Å². The molecule has 0 aliphatic rings. The van der Waals surface area contributed by atoms with Gasteiger partial charge in [0, 0.05) is 0 Å². The van der Waals surface area contributed by atoms with E-state index in [1.54, 1.807) is 0 Å². The molecule has 0 atom stereocenters. The molecule has 0 aromatic rings. The number of nitrogens with two attached hydrogens (primary N) is 1. The Morgan fingerprint density at radius 3 is 2.12 bits per heavy atom. The van der Waals surface area contributed by atoms with Crippen molar-refractivity contribution in [1.82, 2.24) is 9.80 Å². The molecule has 0 aromatic carbocycles. The van der Waals surface area contributed by atoms with Crippen LogP contribution in [0.5, 0.6) is 0 Å². The van der Waals surface area contributed by atoms with Crippen LogP contribution in [0.15, 0.2) is 0 Å². The average Bonchev–Trinajstić information content (AvgIpc) is 2.22. The Bertz CT molecular complexity index is 167. The van der Waals surface area contributed by atoms with E-state index in [2.05, 4.69) is 44.7 Å². The van der Waals surface area contributed by atoms with Gasteiger partial charge in [0.2, 0.25) is 0 Å². The summed E-state index contributed by atoms with van der Waals surface area (Å²) in [5, 5.41) is 0. The molecule has 0 aromatic heterocycles. The Kier molecular flexibility index (Phi) is 7.98. The molecule has 16 heavy (non-hydrogen) atoms. The molecule has 0 fully saturated rings. The Balaban J connectivity index is 3.75. The average molecular weight is 229 g/mol. The second kappa shape index (κ2) is 8.04. The second-order valence-electron chi connectivity index (χ2n) is 5.71. The van der Waals surface area contributed by atoms with E-state index in [0.29, 0.717) is 0 Å². The van der Waals surface area contributed by atoms with E-state index < -0.39 is 0 Å². The minimum atomic E-state index is 0.287. The second-order valence-corrected chi connectivity index (χ2v) is 5.71. The molecule has 0 bridgehead atoms. The van der Waals surface area contributed by atoms with Crippen LogP contribution in [0, 0.1) is 5.41 Å². The first kappa shape index (κ1) is 15.9. The van der Waals surface area contributed by atoms with Gasteiger partial charge in [-0.3, -0.25) is 0 Å². The third-order valence-electron chi connectivity index (χ3n) is 3.18. The van der Waals surface area contributed by atoms with Gasteiger partial charge in [0.1, 0.15) is 0 Å². The molecular weight excluding hydrogens is 198 g/mol. The van der Waals surface area contributed by atoms with Crippen LogP contribution in [-0.2, 0) is 0 Å². The van der Waals surface area contributed by atoms with Gasteiger partial charge in [-0.1, -0.05) is 20.8 Å². The van der Waals surface area contributed by atoms with Gasteiger partial charge in [-0.2, -0.15) is 0 Å². The summed E-state index contributed by atoms with van der Waals surface area (Å²) in [4.78, 5) is 4.78. The van der Waals surface area contributed by atoms with E-state index in [1.165, 1.54) is 32.5 Å². The maximum Gasteiger partial charge on any atom is -0.000666 e. The predicted molar refractivity (Wildman–Crippen MR) is 72.7 cm³/mol. The fourth-order valence-corrected chi connectivity index (χ4v) is 1.60. The Morgan fingerprint density at radius 1 is 1.06 bits per heavy atom. The zero-order valence-electron chi connectivity index (χ0n) is 11.9. The van der Waals surface area contributed by atoms with Crippen molar-refractivity contribution >= 4 is 0 Å². The summed E-state index contributed by atoms with van der Waals surface area (Å²) in [6.07, 6.45) is 2.45. The maximum absolute atomic E-state index is 5.75. The highest BCUT2D eigenvalue weighted by Crippen LogP contribution is 2.18. The van der Waals surface area contributed by atoms with E-state index in [1.807, 2.05) is 0 Å². The summed E-state index contributed by atoms with van der Waals surface area (Å²) in [6, 6.07) is 0. The largest absolute Gasteiger partial charge is 0.330 e. The van der Waals surface area contributed by atoms with E-state index in [-0.39, 0.29) is 5.41 Å². The zero-order chi connectivity index (χ0) is 12.6. The highest BCUT2D eigenvalue weighted by Gasteiger charge is 2.16. The molecular formula is C13H31N3. The molecule has 0 heterocycles. The molecule has 0 amide bonds. The topological polar surface area (TPSA) is 32.5 Å². The molecule has 3 nitrogen and oxygen atoms in total. The number of rotatable bonds is 9. The minimum absolute atomic E-state index is 0.287. The normalized spacial score (nSPS) is 12.8. The van der Waals surface area contributed by atoms with Crippen molar-refractivity contribution in [2.45, 2.75) is 33.6 Å². The fraction of sp³-hybridized carbons (Fsp3) is 1.00. The standard InChI is InChI=1S/C13H31N3/c1-6-16(10-7-9-15(4)5)11-8-13(2,3)12-14/h6-12,14H2,1-5H3. The van der Waals surface area contributed by atoms with Gasteiger partial charge in [0.05, 0.1) is 0 Å². The summed E-state index contributed by atoms with van der Waals surface area (Å²) in [7, 11) is 4.27. The Hall–Kier alpha value is -0.120. The number of hydrogen-bond acceptors (Lipinski definition) is 3. The first-order valence-corrected chi connectivity index (χ1v) is 6.48. The van der Waals surface area contributed by atoms with Crippen molar-refractivity contribution in [2.75, 3.05) is 46.8 Å². The monoisotopic (exact) mass is 229 g/mol. The molecule has 0 saturated carbocycles. The molecule has 0 aliphatic carbocycles. The van der Waals surface area contributed by atoms with Crippen LogP contribution in [0.3, 0.4) is 0 Å². The molecule has 0 saturated heterocycles. The molecule has 98 valence electrons. The quantitative estimate of drug-likeness (QED) is 0.652. The van der Waals surface area contributed by atoms with Gasteiger partial charge in [-0.05, 0) is 65.1 Å². The lowest BCUT2D eigenvalue weighted by Crippen LogP contribution is -2.33. The fourth-order valence-electron chi connectivity index (χ4n) is 1.60. The third kappa shape index (κ3) is 8.08. The lowest BCUT2D eigenvalue weighted by molar-refractivity contribution is 0.220. The minimum Gasteiger partial charge on any atom is -0.330 e. The molecule has 0 spiro atoms. The Labute approximate surface area is 102 Å². The lowest BCUT2D eigenvalue weighted by atomic mass is 9.89.